The quantitative estimate of drug-likeness (QED) is 0.302. The highest BCUT2D eigenvalue weighted by Crippen LogP contribution is 2.20. The van der Waals surface area contributed by atoms with Crippen molar-refractivity contribution < 1.29 is 0 Å². The highest BCUT2D eigenvalue weighted by Gasteiger charge is 2.10. The molecule has 0 bridgehead atoms. The van der Waals surface area contributed by atoms with Gasteiger partial charge in [-0.15, -0.1) is 10.2 Å². The van der Waals surface area contributed by atoms with E-state index in [0.29, 0.717) is 26.2 Å². The van der Waals surface area contributed by atoms with Crippen molar-refractivity contribution in [1.29, 1.82) is 0 Å². The Morgan fingerprint density at radius 1 is 0.625 bits per heavy atom. The molecule has 0 amide bonds. The van der Waals surface area contributed by atoms with E-state index in [9.17, 15) is 0 Å². The number of hydrogen-bond acceptors (Lipinski definition) is 6. The minimum atomic E-state index is 0.597. The van der Waals surface area contributed by atoms with Crippen molar-refractivity contribution >= 4 is 0 Å². The molecule has 0 saturated heterocycles. The highest BCUT2D eigenvalue weighted by molar-refractivity contribution is 5.61. The van der Waals surface area contributed by atoms with Gasteiger partial charge in [0, 0.05) is 22.3 Å². The smallest absolute Gasteiger partial charge is 0.113 e. The molecule has 8 nitrogen and oxygen atoms in total. The van der Waals surface area contributed by atoms with Gasteiger partial charge in [0.2, 0.25) is 0 Å². The highest BCUT2D eigenvalue weighted by atomic mass is 15.4. The third-order valence-electron chi connectivity index (χ3n) is 6.17. The molecule has 0 radical (unpaired) electrons. The van der Waals surface area contributed by atoms with E-state index in [0.717, 1.165) is 44.8 Å². The zero-order valence-electron chi connectivity index (χ0n) is 22.6. The second-order valence-corrected chi connectivity index (χ2v) is 9.20. The number of nitrogens with one attached hydrogen (secondary N) is 2. The number of nitrogens with zero attached hydrogens (tertiary/aromatic N) is 6. The molecule has 40 heavy (non-hydrogen) atoms. The van der Waals surface area contributed by atoms with Crippen LogP contribution in [-0.2, 0) is 13.1 Å². The van der Waals surface area contributed by atoms with Crippen LogP contribution in [0.5, 0.6) is 0 Å². The van der Waals surface area contributed by atoms with Gasteiger partial charge in [-0.1, -0.05) is 82.6 Å². The van der Waals surface area contributed by atoms with Crippen LogP contribution < -0.4 is 10.6 Å². The molecule has 2 heterocycles. The molecule has 198 valence electrons. The predicted molar refractivity (Wildman–Crippen MR) is 157 cm³/mol. The fourth-order valence-electron chi connectivity index (χ4n) is 4.21. The largest absolute Gasteiger partial charge is 0.309 e. The third-order valence-corrected chi connectivity index (χ3v) is 6.17. The maximum Gasteiger partial charge on any atom is 0.113 e. The zero-order chi connectivity index (χ0) is 27.6. The van der Waals surface area contributed by atoms with E-state index in [-0.39, 0.29) is 0 Å². The van der Waals surface area contributed by atoms with E-state index in [1.807, 2.05) is 96.5 Å². The molecular formula is C32H30N8. The molecule has 5 aromatic rings. The van der Waals surface area contributed by atoms with Crippen molar-refractivity contribution in [2.45, 2.75) is 13.1 Å². The summed E-state index contributed by atoms with van der Waals surface area (Å²) in [4.78, 5) is 0. The van der Waals surface area contributed by atoms with Gasteiger partial charge in [0.05, 0.1) is 38.6 Å². The van der Waals surface area contributed by atoms with E-state index in [4.69, 9.17) is 0 Å². The molecular weight excluding hydrogens is 496 g/mol. The summed E-state index contributed by atoms with van der Waals surface area (Å²) in [5.74, 6) is 12.5. The van der Waals surface area contributed by atoms with Crippen LogP contribution in [0.4, 0.5) is 0 Å². The van der Waals surface area contributed by atoms with Crippen LogP contribution in [0.3, 0.4) is 0 Å². The summed E-state index contributed by atoms with van der Waals surface area (Å²) in [6.07, 6.45) is 3.94. The minimum Gasteiger partial charge on any atom is -0.309 e. The monoisotopic (exact) mass is 526 g/mol. The van der Waals surface area contributed by atoms with Gasteiger partial charge in [-0.3, -0.25) is 0 Å². The Morgan fingerprint density at radius 2 is 1.10 bits per heavy atom. The fourth-order valence-corrected chi connectivity index (χ4v) is 4.21. The Kier molecular flexibility index (Phi) is 8.75. The van der Waals surface area contributed by atoms with Crippen molar-refractivity contribution in [3.8, 4) is 46.2 Å². The number of rotatable bonds is 8. The topological polar surface area (TPSA) is 85.5 Å². The first-order chi connectivity index (χ1) is 19.7. The van der Waals surface area contributed by atoms with Gasteiger partial charge in [-0.2, -0.15) is 0 Å². The van der Waals surface area contributed by atoms with Crippen LogP contribution in [-0.4, -0.2) is 57.2 Å². The van der Waals surface area contributed by atoms with Gasteiger partial charge in [-0.05, 0) is 49.5 Å². The fraction of sp³-hybridized carbons (Fsp3) is 0.188. The van der Waals surface area contributed by atoms with Gasteiger partial charge < -0.3 is 10.6 Å². The lowest BCUT2D eigenvalue weighted by molar-refractivity contribution is 0.621. The Balaban J connectivity index is 1.30. The minimum absolute atomic E-state index is 0.597. The van der Waals surface area contributed by atoms with Crippen LogP contribution >= 0.6 is 0 Å². The zero-order valence-corrected chi connectivity index (χ0v) is 22.6. The summed E-state index contributed by atoms with van der Waals surface area (Å²) in [6.45, 7) is 2.49. The molecule has 0 aliphatic carbocycles. The first kappa shape index (κ1) is 26.6. The molecule has 0 saturated carbocycles. The Morgan fingerprint density at radius 3 is 1.55 bits per heavy atom. The number of benzene rings is 3. The van der Waals surface area contributed by atoms with Gasteiger partial charge in [0.15, 0.2) is 0 Å². The lowest BCUT2D eigenvalue weighted by Crippen LogP contribution is -2.07. The average molecular weight is 527 g/mol. The molecule has 2 aromatic heterocycles. The summed E-state index contributed by atoms with van der Waals surface area (Å²) in [5, 5.41) is 23.7. The van der Waals surface area contributed by atoms with Gasteiger partial charge in [0.1, 0.15) is 11.4 Å². The van der Waals surface area contributed by atoms with E-state index in [1.165, 1.54) is 0 Å². The number of hydrogen-bond donors (Lipinski definition) is 2. The van der Waals surface area contributed by atoms with Crippen LogP contribution in [0.2, 0.25) is 0 Å². The second-order valence-electron chi connectivity index (χ2n) is 9.20. The predicted octanol–water partition coefficient (Wildman–Crippen LogP) is 3.44. The summed E-state index contributed by atoms with van der Waals surface area (Å²) in [6, 6.07) is 24.4. The van der Waals surface area contributed by atoms with Gasteiger partial charge in [0.25, 0.3) is 0 Å². The van der Waals surface area contributed by atoms with E-state index in [2.05, 4.69) is 67.1 Å². The van der Waals surface area contributed by atoms with Crippen molar-refractivity contribution in [3.05, 3.63) is 107 Å². The lowest BCUT2D eigenvalue weighted by Gasteiger charge is -2.09. The van der Waals surface area contributed by atoms with Crippen molar-refractivity contribution in [2.24, 2.45) is 0 Å². The average Bonchev–Trinajstić information content (AvgIpc) is 3.65. The summed E-state index contributed by atoms with van der Waals surface area (Å²) >= 11 is 0. The molecule has 0 aliphatic heterocycles. The first-order valence-corrected chi connectivity index (χ1v) is 13.1. The normalized spacial score (nSPS) is 10.4. The summed E-state index contributed by atoms with van der Waals surface area (Å²) in [7, 11) is 3.77. The van der Waals surface area contributed by atoms with Crippen molar-refractivity contribution in [2.75, 3.05) is 27.2 Å². The van der Waals surface area contributed by atoms with Crippen LogP contribution in [0.1, 0.15) is 22.3 Å². The van der Waals surface area contributed by atoms with Gasteiger partial charge in [-0.25, -0.2) is 9.36 Å². The SMILES string of the molecule is CNCC#Cc1cccc(-c2cn(Cc3ccccc3Cn3cc(-c4cccc(C#CCNC)c4)nn3)nn2)c1. The molecule has 5 rings (SSSR count). The third kappa shape index (κ3) is 6.89. The molecule has 0 spiro atoms. The maximum atomic E-state index is 4.41. The molecule has 2 N–H and O–H groups in total. The molecule has 8 heteroatoms. The standard InChI is InChI=1S/C32H30N8/c1-33-17-7-11-25-9-5-15-27(19-25)31-23-39(37-35-31)21-29-13-3-4-14-30(29)22-40-24-32(36-38-40)28-16-6-10-26(20-28)12-8-18-34-2/h3-6,9-10,13-16,19-20,23-24,33-34H,17-18,21-22H2,1-2H3. The van der Waals surface area contributed by atoms with E-state index >= 15 is 0 Å². The maximum absolute atomic E-state index is 4.41. The van der Waals surface area contributed by atoms with Crippen molar-refractivity contribution in [1.82, 2.24) is 40.6 Å². The second kappa shape index (κ2) is 13.2. The van der Waals surface area contributed by atoms with E-state index < -0.39 is 0 Å². The Labute approximate surface area is 234 Å². The Bertz CT molecular complexity index is 1580. The lowest BCUT2D eigenvalue weighted by atomic mass is 10.1. The van der Waals surface area contributed by atoms with E-state index in [1.54, 1.807) is 0 Å². The number of aromatic nitrogens is 6. The van der Waals surface area contributed by atoms with Crippen LogP contribution in [0.15, 0.2) is 85.2 Å². The van der Waals surface area contributed by atoms with Crippen molar-refractivity contribution in [3.63, 3.8) is 0 Å². The summed E-state index contributed by atoms with van der Waals surface area (Å²) < 4.78 is 3.72. The van der Waals surface area contributed by atoms with Gasteiger partial charge >= 0.3 is 0 Å². The Hall–Kier alpha value is -5.02. The first-order valence-electron chi connectivity index (χ1n) is 13.1. The molecule has 0 aliphatic rings. The van der Waals surface area contributed by atoms with Crippen LogP contribution in [0, 0.1) is 23.7 Å². The summed E-state index contributed by atoms with van der Waals surface area (Å²) in [5.41, 5.74) is 7.80. The molecule has 3 aromatic carbocycles. The molecule has 0 fully saturated rings. The molecule has 0 atom stereocenters. The molecule has 0 unspecified atom stereocenters. The van der Waals surface area contributed by atoms with Crippen LogP contribution in [0.25, 0.3) is 22.5 Å².